The van der Waals surface area contributed by atoms with Gasteiger partial charge in [-0.1, -0.05) is 0 Å². The first-order chi connectivity index (χ1) is 7.31. The zero-order valence-corrected chi connectivity index (χ0v) is 8.14. The smallest absolute Gasteiger partial charge is 0.269 e. The Bertz CT molecular complexity index is 447. The molecule has 5 nitrogen and oxygen atoms in total. The van der Waals surface area contributed by atoms with Crippen LogP contribution in [0.3, 0.4) is 0 Å². The van der Waals surface area contributed by atoms with Crippen molar-refractivity contribution in [3.8, 4) is 5.69 Å². The van der Waals surface area contributed by atoms with Gasteiger partial charge in [0, 0.05) is 19.3 Å². The minimum Gasteiger partial charge on any atom is -0.354 e. The van der Waals surface area contributed by atoms with Crippen LogP contribution in [0.15, 0.2) is 30.7 Å². The minimum atomic E-state index is -0.200. The molecule has 0 bridgehead atoms. The number of nitrogens with one attached hydrogen (secondary N) is 1. The molecule has 0 aromatic carbocycles. The lowest BCUT2D eigenvalue weighted by Crippen LogP contribution is -2.19. The highest BCUT2D eigenvalue weighted by Crippen LogP contribution is 2.04. The molecule has 0 aliphatic rings. The van der Waals surface area contributed by atoms with Crippen molar-refractivity contribution in [2.75, 3.05) is 7.05 Å². The summed E-state index contributed by atoms with van der Waals surface area (Å²) < 4.78 is 1.63. The molecule has 75 valence electrons. The monoisotopic (exact) mass is 201 g/mol. The molecule has 1 N–H and O–H groups in total. The highest BCUT2D eigenvalue weighted by molar-refractivity contribution is 5.92. The Morgan fingerprint density at radius 1 is 1.53 bits per heavy atom. The van der Waals surface area contributed by atoms with Gasteiger partial charge in [0.1, 0.15) is 5.69 Å². The number of hydrogen-bond acceptors (Lipinski definition) is 3. The number of carbonyl (C=O) groups is 1. The Morgan fingerprint density at radius 3 is 2.93 bits per heavy atom. The van der Waals surface area contributed by atoms with E-state index in [9.17, 15) is 4.79 Å². The lowest BCUT2D eigenvalue weighted by molar-refractivity contribution is 0.0958. The summed E-state index contributed by atoms with van der Waals surface area (Å²) >= 11 is 0. The van der Waals surface area contributed by atoms with Gasteiger partial charge in [0.2, 0.25) is 0 Å². The van der Waals surface area contributed by atoms with Gasteiger partial charge in [0.05, 0.1) is 18.1 Å². The van der Waals surface area contributed by atoms with Crippen LogP contribution in [0.4, 0.5) is 0 Å². The molecule has 0 aliphatic heterocycles. The average molecular weight is 201 g/mol. The average Bonchev–Trinajstić information content (AvgIpc) is 2.82. The summed E-state index contributed by atoms with van der Waals surface area (Å²) in [5, 5.41) is 6.51. The predicted molar refractivity (Wildman–Crippen MR) is 53.6 cm³/mol. The van der Waals surface area contributed by atoms with Crippen LogP contribution in [-0.2, 0) is 0 Å². The second-order valence-corrected chi connectivity index (χ2v) is 2.87. The Morgan fingerprint density at radius 2 is 2.40 bits per heavy atom. The van der Waals surface area contributed by atoms with Crippen molar-refractivity contribution in [1.29, 1.82) is 0 Å². The third-order valence-electron chi connectivity index (χ3n) is 1.93. The van der Waals surface area contributed by atoms with Crippen molar-refractivity contribution in [3.05, 3.63) is 42.5 Å². The van der Waals surface area contributed by atoms with E-state index in [0.29, 0.717) is 5.69 Å². The fraction of sp³-hybridized carbons (Fsp3) is 0.100. The molecule has 0 saturated heterocycles. The number of nitrogens with zero attached hydrogens (tertiary/aromatic N) is 3. The van der Waals surface area contributed by atoms with E-state index in [1.807, 2.05) is 0 Å². The minimum absolute atomic E-state index is 0.200. The Kier molecular flexibility index (Phi) is 2.45. The summed E-state index contributed by atoms with van der Waals surface area (Å²) in [7, 11) is 1.57. The number of carbonyl (C=O) groups excluding carboxylic acids is 1. The predicted octanol–water partition coefficient (Wildman–Crippen LogP) is 0.427. The van der Waals surface area contributed by atoms with E-state index in [0.717, 1.165) is 5.69 Å². The molecular weight excluding hydrogens is 192 g/mol. The number of aromatic nitrogens is 3. The van der Waals surface area contributed by atoms with E-state index >= 15 is 0 Å². The molecule has 0 aliphatic carbocycles. The van der Waals surface area contributed by atoms with Gasteiger partial charge in [-0.05, 0) is 12.1 Å². The summed E-state index contributed by atoms with van der Waals surface area (Å²) in [4.78, 5) is 15.2. The van der Waals surface area contributed by atoms with Crippen LogP contribution in [0.1, 0.15) is 10.5 Å². The molecule has 0 unspecified atom stereocenters. The zero-order chi connectivity index (χ0) is 10.7. The standard InChI is InChI=1S/C10H9N4O/c1-11-10(15)9-4-3-8(7-12-9)14-6-2-5-13-14/h3-7H,1H3,(H,11,15). The van der Waals surface area contributed by atoms with Crippen molar-refractivity contribution >= 4 is 5.91 Å². The van der Waals surface area contributed by atoms with Gasteiger partial charge in [-0.2, -0.15) is 5.10 Å². The highest BCUT2D eigenvalue weighted by Gasteiger charge is 2.04. The third-order valence-corrected chi connectivity index (χ3v) is 1.93. The van der Waals surface area contributed by atoms with E-state index in [1.165, 1.54) is 0 Å². The molecule has 15 heavy (non-hydrogen) atoms. The summed E-state index contributed by atoms with van der Waals surface area (Å²) in [5.74, 6) is -0.200. The maximum Gasteiger partial charge on any atom is 0.269 e. The Balaban J connectivity index is 2.29. The van der Waals surface area contributed by atoms with Crippen LogP contribution in [0.25, 0.3) is 5.69 Å². The quantitative estimate of drug-likeness (QED) is 0.766. The lowest BCUT2D eigenvalue weighted by Gasteiger charge is -2.02. The van der Waals surface area contributed by atoms with Crippen molar-refractivity contribution in [2.45, 2.75) is 0 Å². The van der Waals surface area contributed by atoms with Gasteiger partial charge >= 0.3 is 0 Å². The fourth-order valence-electron chi connectivity index (χ4n) is 1.16. The van der Waals surface area contributed by atoms with Crippen LogP contribution in [-0.4, -0.2) is 27.7 Å². The number of hydrogen-bond donors (Lipinski definition) is 1. The fourth-order valence-corrected chi connectivity index (χ4v) is 1.16. The molecule has 2 heterocycles. The third kappa shape index (κ3) is 1.85. The largest absolute Gasteiger partial charge is 0.354 e. The van der Waals surface area contributed by atoms with Crippen LogP contribution < -0.4 is 5.32 Å². The van der Waals surface area contributed by atoms with Crippen LogP contribution in [0.2, 0.25) is 0 Å². The summed E-state index contributed by atoms with van der Waals surface area (Å²) in [5.41, 5.74) is 1.18. The molecule has 2 aromatic rings. The van der Waals surface area contributed by atoms with Crippen LogP contribution in [0, 0.1) is 6.07 Å². The van der Waals surface area contributed by atoms with E-state index < -0.39 is 0 Å². The topological polar surface area (TPSA) is 59.8 Å². The van der Waals surface area contributed by atoms with E-state index in [-0.39, 0.29) is 5.91 Å². The van der Waals surface area contributed by atoms with Crippen molar-refractivity contribution in [2.24, 2.45) is 0 Å². The number of pyridine rings is 1. The molecular formula is C10H9N4O. The molecule has 0 spiro atoms. The molecule has 0 saturated carbocycles. The van der Waals surface area contributed by atoms with Gasteiger partial charge in [-0.15, -0.1) is 0 Å². The van der Waals surface area contributed by atoms with Crippen molar-refractivity contribution in [1.82, 2.24) is 20.1 Å². The molecule has 0 atom stereocenters. The summed E-state index contributed by atoms with van der Waals surface area (Å²) in [6.45, 7) is 0. The van der Waals surface area contributed by atoms with Gasteiger partial charge in [0.25, 0.3) is 5.91 Å². The first-order valence-electron chi connectivity index (χ1n) is 4.40. The van der Waals surface area contributed by atoms with E-state index in [1.54, 1.807) is 42.5 Å². The zero-order valence-electron chi connectivity index (χ0n) is 8.14. The summed E-state index contributed by atoms with van der Waals surface area (Å²) in [6.07, 6.45) is 4.84. The maximum absolute atomic E-state index is 11.2. The number of amides is 1. The normalized spacial score (nSPS) is 9.93. The van der Waals surface area contributed by atoms with Gasteiger partial charge in [-0.25, -0.2) is 9.67 Å². The molecule has 1 radical (unpaired) electrons. The van der Waals surface area contributed by atoms with E-state index in [2.05, 4.69) is 21.5 Å². The SMILES string of the molecule is CNC(=O)c1ccc(-n2c[c]cn2)cn1. The molecule has 0 fully saturated rings. The van der Waals surface area contributed by atoms with Gasteiger partial charge in [-0.3, -0.25) is 4.79 Å². The van der Waals surface area contributed by atoms with Crippen LogP contribution >= 0.6 is 0 Å². The first-order valence-corrected chi connectivity index (χ1v) is 4.40. The Hall–Kier alpha value is -2.17. The first kappa shape index (κ1) is 9.39. The second-order valence-electron chi connectivity index (χ2n) is 2.87. The summed E-state index contributed by atoms with van der Waals surface area (Å²) in [6, 6.07) is 6.25. The lowest BCUT2D eigenvalue weighted by atomic mass is 10.3. The molecule has 1 amide bonds. The van der Waals surface area contributed by atoms with Gasteiger partial charge in [0.15, 0.2) is 0 Å². The van der Waals surface area contributed by atoms with Gasteiger partial charge < -0.3 is 5.32 Å². The molecule has 2 aromatic heterocycles. The highest BCUT2D eigenvalue weighted by atomic mass is 16.1. The number of rotatable bonds is 2. The molecule has 2 rings (SSSR count). The van der Waals surface area contributed by atoms with Crippen LogP contribution in [0.5, 0.6) is 0 Å². The van der Waals surface area contributed by atoms with Crippen molar-refractivity contribution < 1.29 is 4.79 Å². The molecule has 5 heteroatoms. The second kappa shape index (κ2) is 3.91. The van der Waals surface area contributed by atoms with E-state index in [4.69, 9.17) is 0 Å². The maximum atomic E-state index is 11.2. The Labute approximate surface area is 86.8 Å². The van der Waals surface area contributed by atoms with Crippen molar-refractivity contribution in [3.63, 3.8) is 0 Å².